The first kappa shape index (κ1) is 12.1. The summed E-state index contributed by atoms with van der Waals surface area (Å²) < 4.78 is 25.1. The molecule has 15 heavy (non-hydrogen) atoms. The van der Waals surface area contributed by atoms with Crippen LogP contribution in [0.5, 0.6) is 0 Å². The number of nitrogens with zero attached hydrogens (tertiary/aromatic N) is 2. The molecule has 0 saturated heterocycles. The first-order valence-corrected chi connectivity index (χ1v) is 6.67. The summed E-state index contributed by atoms with van der Waals surface area (Å²) in [4.78, 5) is 4.11. The lowest BCUT2D eigenvalue weighted by atomic mass is 10.5. The lowest BCUT2D eigenvalue weighted by molar-refractivity contribution is 0.576. The average molecular weight is 245 g/mol. The molecule has 0 radical (unpaired) electrons. The van der Waals surface area contributed by atoms with Gasteiger partial charge in [0.05, 0.1) is 12.6 Å². The summed E-state index contributed by atoms with van der Waals surface area (Å²) in [5.74, 6) is 0. The van der Waals surface area contributed by atoms with Crippen molar-refractivity contribution in [3.8, 4) is 6.07 Å². The zero-order valence-corrected chi connectivity index (χ0v) is 10.0. The van der Waals surface area contributed by atoms with Crippen molar-refractivity contribution in [3.05, 3.63) is 16.1 Å². The number of nitrogens with one attached hydrogen (secondary N) is 1. The lowest BCUT2D eigenvalue weighted by Gasteiger charge is -2.05. The van der Waals surface area contributed by atoms with E-state index in [0.29, 0.717) is 5.01 Å². The third-order valence-corrected chi connectivity index (χ3v) is 4.29. The molecule has 1 atom stereocenters. The monoisotopic (exact) mass is 245 g/mol. The van der Waals surface area contributed by atoms with Gasteiger partial charge in [0.2, 0.25) is 10.0 Å². The fraction of sp³-hybridized carbons (Fsp3) is 0.500. The number of hydrogen-bond acceptors (Lipinski definition) is 5. The van der Waals surface area contributed by atoms with Gasteiger partial charge in [-0.3, -0.25) is 0 Å². The highest BCUT2D eigenvalue weighted by Gasteiger charge is 2.19. The molecule has 1 N–H and O–H groups in total. The molecule has 1 heterocycles. The highest BCUT2D eigenvalue weighted by atomic mass is 32.2. The second-order valence-electron chi connectivity index (χ2n) is 3.02. The number of thiazole rings is 1. The number of nitriles is 1. The maximum Gasteiger partial charge on any atom is 0.228 e. The van der Waals surface area contributed by atoms with Gasteiger partial charge in [0.15, 0.2) is 5.25 Å². The molecule has 82 valence electrons. The van der Waals surface area contributed by atoms with E-state index in [0.717, 1.165) is 5.69 Å². The Bertz CT molecular complexity index is 472. The SMILES string of the molecule is Cc1csc(CNS(=O)(=O)C(C)C#N)n1. The standard InChI is InChI=1S/C8H11N3O2S2/c1-6-5-14-8(11-6)4-10-15(12,13)7(2)3-9/h5,7,10H,4H2,1-2H3. The summed E-state index contributed by atoms with van der Waals surface area (Å²) in [5.41, 5.74) is 0.863. The van der Waals surface area contributed by atoms with Gasteiger partial charge >= 0.3 is 0 Å². The number of aryl methyl sites for hydroxylation is 1. The predicted octanol–water partition coefficient (Wildman–Crippen LogP) is 0.783. The molecule has 0 aliphatic carbocycles. The Morgan fingerprint density at radius 3 is 2.87 bits per heavy atom. The van der Waals surface area contributed by atoms with Gasteiger partial charge in [-0.25, -0.2) is 18.1 Å². The van der Waals surface area contributed by atoms with E-state index in [1.807, 2.05) is 12.3 Å². The van der Waals surface area contributed by atoms with Gasteiger partial charge in [-0.2, -0.15) is 5.26 Å². The van der Waals surface area contributed by atoms with Crippen LogP contribution in [-0.2, 0) is 16.6 Å². The maximum atomic E-state index is 11.4. The Labute approximate surface area is 92.8 Å². The van der Waals surface area contributed by atoms with Crippen LogP contribution in [0.15, 0.2) is 5.38 Å². The summed E-state index contributed by atoms with van der Waals surface area (Å²) >= 11 is 1.39. The molecule has 0 amide bonds. The molecule has 5 nitrogen and oxygen atoms in total. The molecule has 0 aliphatic rings. The van der Waals surface area contributed by atoms with E-state index in [1.54, 1.807) is 6.07 Å². The maximum absolute atomic E-state index is 11.4. The zero-order chi connectivity index (χ0) is 11.5. The van der Waals surface area contributed by atoms with E-state index in [4.69, 9.17) is 5.26 Å². The Morgan fingerprint density at radius 1 is 1.73 bits per heavy atom. The van der Waals surface area contributed by atoms with E-state index >= 15 is 0 Å². The van der Waals surface area contributed by atoms with Crippen molar-refractivity contribution in [1.29, 1.82) is 5.26 Å². The van der Waals surface area contributed by atoms with Gasteiger partial charge in [-0.05, 0) is 13.8 Å². The molecule has 7 heteroatoms. The Hall–Kier alpha value is -0.970. The lowest BCUT2D eigenvalue weighted by Crippen LogP contribution is -2.31. The molecule has 1 rings (SSSR count). The van der Waals surface area contributed by atoms with Gasteiger partial charge in [0.25, 0.3) is 0 Å². The first-order chi connectivity index (χ1) is 6.95. The Morgan fingerprint density at radius 2 is 2.40 bits per heavy atom. The molecule has 0 aromatic carbocycles. The minimum atomic E-state index is -3.54. The van der Waals surface area contributed by atoms with Crippen molar-refractivity contribution < 1.29 is 8.42 Å². The van der Waals surface area contributed by atoms with Crippen LogP contribution < -0.4 is 4.72 Å². The van der Waals surface area contributed by atoms with E-state index in [2.05, 4.69) is 9.71 Å². The van der Waals surface area contributed by atoms with Gasteiger partial charge in [-0.15, -0.1) is 11.3 Å². The summed E-state index contributed by atoms with van der Waals surface area (Å²) in [5, 5.41) is 9.99. The molecule has 1 aromatic heterocycles. The molecule has 0 spiro atoms. The average Bonchev–Trinajstić information content (AvgIpc) is 2.60. The normalized spacial score (nSPS) is 13.4. The summed E-state index contributed by atoms with van der Waals surface area (Å²) in [6.07, 6.45) is 0. The third-order valence-electron chi connectivity index (χ3n) is 1.74. The molecule has 1 unspecified atom stereocenters. The quantitative estimate of drug-likeness (QED) is 0.849. The van der Waals surface area contributed by atoms with Crippen LogP contribution in [-0.4, -0.2) is 18.7 Å². The Balaban J connectivity index is 2.62. The van der Waals surface area contributed by atoms with Crippen molar-refractivity contribution >= 4 is 21.4 Å². The number of rotatable bonds is 4. The summed E-state index contributed by atoms with van der Waals surface area (Å²) in [6.45, 7) is 3.33. The molecule has 0 aliphatic heterocycles. The number of aromatic nitrogens is 1. The van der Waals surface area contributed by atoms with Crippen LogP contribution in [0, 0.1) is 18.3 Å². The van der Waals surface area contributed by atoms with Gasteiger partial charge in [-0.1, -0.05) is 0 Å². The summed E-state index contributed by atoms with van der Waals surface area (Å²) in [6, 6.07) is 1.68. The van der Waals surface area contributed by atoms with Crippen LogP contribution in [0.4, 0.5) is 0 Å². The Kier molecular flexibility index (Phi) is 3.79. The minimum Gasteiger partial charge on any atom is -0.245 e. The smallest absolute Gasteiger partial charge is 0.228 e. The van der Waals surface area contributed by atoms with Crippen molar-refractivity contribution in [1.82, 2.24) is 9.71 Å². The van der Waals surface area contributed by atoms with Crippen LogP contribution >= 0.6 is 11.3 Å². The van der Waals surface area contributed by atoms with E-state index in [-0.39, 0.29) is 6.54 Å². The zero-order valence-electron chi connectivity index (χ0n) is 8.39. The molecule has 1 aromatic rings. The van der Waals surface area contributed by atoms with Crippen LogP contribution in [0.3, 0.4) is 0 Å². The van der Waals surface area contributed by atoms with Crippen LogP contribution in [0.25, 0.3) is 0 Å². The number of hydrogen-bond donors (Lipinski definition) is 1. The van der Waals surface area contributed by atoms with Crippen LogP contribution in [0.2, 0.25) is 0 Å². The second-order valence-corrected chi connectivity index (χ2v) is 6.05. The molecular formula is C8H11N3O2S2. The van der Waals surface area contributed by atoms with Crippen molar-refractivity contribution in [2.75, 3.05) is 0 Å². The highest BCUT2D eigenvalue weighted by molar-refractivity contribution is 7.90. The van der Waals surface area contributed by atoms with E-state index in [1.165, 1.54) is 18.3 Å². The fourth-order valence-corrected chi connectivity index (χ4v) is 2.37. The molecule has 0 fully saturated rings. The molecular weight excluding hydrogens is 234 g/mol. The van der Waals surface area contributed by atoms with Crippen molar-refractivity contribution in [2.45, 2.75) is 25.6 Å². The second kappa shape index (κ2) is 4.70. The predicted molar refractivity (Wildman–Crippen MR) is 57.7 cm³/mol. The molecule has 0 saturated carbocycles. The highest BCUT2D eigenvalue weighted by Crippen LogP contribution is 2.09. The minimum absolute atomic E-state index is 0.146. The topological polar surface area (TPSA) is 82.9 Å². The van der Waals surface area contributed by atoms with Crippen molar-refractivity contribution in [2.24, 2.45) is 0 Å². The fourth-order valence-electron chi connectivity index (χ4n) is 0.841. The van der Waals surface area contributed by atoms with Crippen molar-refractivity contribution in [3.63, 3.8) is 0 Å². The third kappa shape index (κ3) is 3.27. The van der Waals surface area contributed by atoms with Gasteiger partial charge in [0, 0.05) is 11.1 Å². The van der Waals surface area contributed by atoms with E-state index in [9.17, 15) is 8.42 Å². The first-order valence-electron chi connectivity index (χ1n) is 4.25. The number of sulfonamides is 1. The van der Waals surface area contributed by atoms with Gasteiger partial charge in [0.1, 0.15) is 5.01 Å². The largest absolute Gasteiger partial charge is 0.245 e. The summed E-state index contributed by atoms with van der Waals surface area (Å²) in [7, 11) is -3.54. The van der Waals surface area contributed by atoms with Crippen LogP contribution in [0.1, 0.15) is 17.6 Å². The van der Waals surface area contributed by atoms with E-state index < -0.39 is 15.3 Å². The van der Waals surface area contributed by atoms with Gasteiger partial charge < -0.3 is 0 Å². The molecule has 0 bridgehead atoms.